The van der Waals surface area contributed by atoms with Crippen LogP contribution in [0.2, 0.25) is 0 Å². The van der Waals surface area contributed by atoms with Gasteiger partial charge in [-0.3, -0.25) is 0 Å². The first-order valence-electron chi connectivity index (χ1n) is 7.82. The molecule has 2 aromatic carbocycles. The number of unbranched alkanes of at least 4 members (excludes halogenated alkanes) is 3. The highest BCUT2D eigenvalue weighted by Gasteiger charge is 2.36. The molecule has 1 aliphatic rings. The van der Waals surface area contributed by atoms with Crippen LogP contribution in [-0.2, 0) is 0 Å². The van der Waals surface area contributed by atoms with Crippen LogP contribution in [0.5, 0.6) is 0 Å². The molecule has 2 aromatic rings. The van der Waals surface area contributed by atoms with E-state index in [0.29, 0.717) is 0 Å². The molecule has 0 saturated heterocycles. The first kappa shape index (κ1) is 13.8. The van der Waals surface area contributed by atoms with Crippen molar-refractivity contribution < 1.29 is 0 Å². The summed E-state index contributed by atoms with van der Waals surface area (Å²) in [7, 11) is -1.14. The maximum absolute atomic E-state index is 2.55. The Balaban J connectivity index is 1.97. The minimum atomic E-state index is -1.14. The molecule has 0 N–H and O–H groups in total. The summed E-state index contributed by atoms with van der Waals surface area (Å²) < 4.78 is 0. The molecule has 3 rings (SSSR count). The molecular weight excluding hydrogens is 259 g/mol. The largest absolute Gasteiger partial charge is 0.0716 e. The zero-order valence-electron chi connectivity index (χ0n) is 12.6. The molecule has 0 amide bonds. The van der Waals surface area contributed by atoms with Gasteiger partial charge in [0.2, 0.25) is 0 Å². The van der Waals surface area contributed by atoms with Crippen LogP contribution in [0.25, 0.3) is 11.1 Å². The molecule has 0 unspecified atom stereocenters. The summed E-state index contributed by atoms with van der Waals surface area (Å²) in [6, 6.07) is 18.2. The summed E-state index contributed by atoms with van der Waals surface area (Å²) in [5.74, 6) is 0. The number of benzene rings is 2. The smallest absolute Gasteiger partial charge is 0.0101 e. The Hall–Kier alpha value is -1.13. The molecule has 0 saturated carbocycles. The van der Waals surface area contributed by atoms with E-state index in [1.165, 1.54) is 43.0 Å². The van der Waals surface area contributed by atoms with E-state index >= 15 is 0 Å². The Labute approximate surface area is 123 Å². The number of hydrogen-bond acceptors (Lipinski definition) is 0. The normalized spacial score (nSPS) is 14.9. The van der Waals surface area contributed by atoms with Gasteiger partial charge in [0.1, 0.15) is 0 Å². The van der Waals surface area contributed by atoms with Gasteiger partial charge in [-0.2, -0.15) is 0 Å². The summed E-state index contributed by atoms with van der Waals surface area (Å²) in [4.78, 5) is 0. The quantitative estimate of drug-likeness (QED) is 0.544. The Kier molecular flexibility index (Phi) is 3.94. The van der Waals surface area contributed by atoms with Gasteiger partial charge in [0, 0.05) is 0 Å². The van der Waals surface area contributed by atoms with Crippen molar-refractivity contribution in [3.05, 3.63) is 48.5 Å². The van der Waals surface area contributed by atoms with Crippen molar-refractivity contribution in [2.45, 2.75) is 32.6 Å². The zero-order chi connectivity index (χ0) is 14.0. The summed E-state index contributed by atoms with van der Waals surface area (Å²) in [5, 5.41) is 3.27. The average molecular weight is 283 g/mol. The topological polar surface area (TPSA) is 0 Å². The molecule has 0 bridgehead atoms. The molecule has 1 heteroatoms. The molecule has 0 nitrogen and oxygen atoms in total. The third-order valence-electron chi connectivity index (χ3n) is 4.62. The van der Waals surface area contributed by atoms with Crippen LogP contribution in [-0.4, -0.2) is 12.8 Å². The minimum Gasteiger partial charge on any atom is -0.0716 e. The van der Waals surface area contributed by atoms with Crippen molar-refractivity contribution in [2.24, 2.45) is 0 Å². The number of fused-ring (bicyclic) bond motifs is 3. The predicted octanol–water partition coefficient (Wildman–Crippen LogP) is 4.85. The van der Waals surface area contributed by atoms with Crippen LogP contribution >= 0.6 is 7.26 Å². The van der Waals surface area contributed by atoms with E-state index in [0.717, 1.165) is 0 Å². The van der Waals surface area contributed by atoms with Gasteiger partial charge >= 0.3 is 0 Å². The average Bonchev–Trinajstić information content (AvgIpc) is 2.75. The fourth-order valence-electron chi connectivity index (χ4n) is 3.49. The van der Waals surface area contributed by atoms with E-state index in [4.69, 9.17) is 0 Å². The molecule has 20 heavy (non-hydrogen) atoms. The molecule has 0 atom stereocenters. The SMILES string of the molecule is CCCCCC[P]1(C)c2ccccc2-c2ccccc21. The van der Waals surface area contributed by atoms with Crippen LogP contribution in [0.15, 0.2) is 48.5 Å². The molecule has 0 spiro atoms. The fraction of sp³-hybridized carbons (Fsp3) is 0.368. The first-order chi connectivity index (χ1) is 9.77. The van der Waals surface area contributed by atoms with E-state index in [9.17, 15) is 0 Å². The second-order valence-electron chi connectivity index (χ2n) is 6.01. The highest BCUT2D eigenvalue weighted by molar-refractivity contribution is 7.90. The lowest BCUT2D eigenvalue weighted by molar-refractivity contribution is 0.705. The maximum atomic E-state index is 2.55. The van der Waals surface area contributed by atoms with Crippen molar-refractivity contribution >= 4 is 17.9 Å². The van der Waals surface area contributed by atoms with Crippen LogP contribution in [0.4, 0.5) is 0 Å². The molecule has 0 fully saturated rings. The summed E-state index contributed by atoms with van der Waals surface area (Å²) in [6.07, 6.45) is 6.84. The predicted molar refractivity (Wildman–Crippen MR) is 93.0 cm³/mol. The van der Waals surface area contributed by atoms with E-state index < -0.39 is 7.26 Å². The molecule has 0 aliphatic carbocycles. The van der Waals surface area contributed by atoms with Gasteiger partial charge in [-0.05, 0) is 41.0 Å². The molecule has 0 aromatic heterocycles. The van der Waals surface area contributed by atoms with Gasteiger partial charge in [-0.25, -0.2) is 0 Å². The number of hydrogen-bond donors (Lipinski definition) is 0. The highest BCUT2D eigenvalue weighted by atomic mass is 31.2. The van der Waals surface area contributed by atoms with Crippen molar-refractivity contribution in [1.82, 2.24) is 0 Å². The van der Waals surface area contributed by atoms with Crippen molar-refractivity contribution in [2.75, 3.05) is 12.8 Å². The third kappa shape index (κ3) is 2.21. The highest BCUT2D eigenvalue weighted by Crippen LogP contribution is 2.60. The van der Waals surface area contributed by atoms with E-state index in [1.54, 1.807) is 10.6 Å². The summed E-state index contributed by atoms with van der Waals surface area (Å²) in [6.45, 7) is 4.83. The zero-order valence-corrected chi connectivity index (χ0v) is 13.5. The first-order valence-corrected chi connectivity index (χ1v) is 10.2. The van der Waals surface area contributed by atoms with Gasteiger partial charge < -0.3 is 0 Å². The van der Waals surface area contributed by atoms with Crippen molar-refractivity contribution in [3.8, 4) is 11.1 Å². The number of rotatable bonds is 5. The van der Waals surface area contributed by atoms with Gasteiger partial charge in [-0.15, -0.1) is 0 Å². The van der Waals surface area contributed by atoms with E-state index in [-0.39, 0.29) is 0 Å². The lowest BCUT2D eigenvalue weighted by Gasteiger charge is -2.30. The second kappa shape index (κ2) is 5.70. The fourth-order valence-corrected chi connectivity index (χ4v) is 7.37. The second-order valence-corrected chi connectivity index (χ2v) is 9.80. The Morgan fingerprint density at radius 3 is 1.85 bits per heavy atom. The van der Waals surface area contributed by atoms with Gasteiger partial charge in [-0.1, -0.05) is 82.0 Å². The van der Waals surface area contributed by atoms with Crippen LogP contribution in [0, 0.1) is 0 Å². The molecule has 105 valence electrons. The minimum absolute atomic E-state index is 1.14. The van der Waals surface area contributed by atoms with Crippen LogP contribution < -0.4 is 10.6 Å². The molecule has 1 heterocycles. The van der Waals surface area contributed by atoms with E-state index in [1.807, 2.05) is 0 Å². The van der Waals surface area contributed by atoms with Crippen LogP contribution in [0.1, 0.15) is 32.6 Å². The Bertz CT molecular complexity index is 555. The van der Waals surface area contributed by atoms with Gasteiger partial charge in [0.25, 0.3) is 0 Å². The van der Waals surface area contributed by atoms with Crippen molar-refractivity contribution in [3.63, 3.8) is 0 Å². The Morgan fingerprint density at radius 1 is 0.750 bits per heavy atom. The monoisotopic (exact) mass is 283 g/mol. The Morgan fingerprint density at radius 2 is 1.30 bits per heavy atom. The van der Waals surface area contributed by atoms with Gasteiger partial charge in [0.15, 0.2) is 0 Å². The van der Waals surface area contributed by atoms with Crippen LogP contribution in [0.3, 0.4) is 0 Å². The molecular formula is C19H24P. The third-order valence-corrected chi connectivity index (χ3v) is 8.74. The summed E-state index contributed by atoms with van der Waals surface area (Å²) in [5.41, 5.74) is 2.99. The molecule has 1 radical (unpaired) electrons. The lowest BCUT2D eigenvalue weighted by atomic mass is 10.1. The van der Waals surface area contributed by atoms with Gasteiger partial charge in [0.05, 0.1) is 0 Å². The molecule has 1 aliphatic heterocycles. The summed E-state index contributed by atoms with van der Waals surface area (Å²) >= 11 is 0. The maximum Gasteiger partial charge on any atom is -0.0101 e. The lowest BCUT2D eigenvalue weighted by Crippen LogP contribution is -2.18. The van der Waals surface area contributed by atoms with E-state index in [2.05, 4.69) is 62.1 Å². The van der Waals surface area contributed by atoms with Crippen molar-refractivity contribution in [1.29, 1.82) is 0 Å². The standard InChI is InChI=1S/C19H24P/c1-3-4-5-10-15-20(2)18-13-8-6-11-16(18)17-12-7-9-14-19(17)20/h6-9,11-14H,3-5,10,15H2,1-2H3.